The number of hydrogen-bond acceptors (Lipinski definition) is 6. The number of primary sulfonamides is 1. The molecule has 1 atom stereocenters. The van der Waals surface area contributed by atoms with Gasteiger partial charge in [0.25, 0.3) is 0 Å². The summed E-state index contributed by atoms with van der Waals surface area (Å²) in [6.45, 7) is 5.12. The Hall–Kier alpha value is -2.56. The number of nitrogens with two attached hydrogens (primary N) is 1. The number of fused-ring (bicyclic) bond motifs is 1. The molecule has 3 N–H and O–H groups in total. The van der Waals surface area contributed by atoms with Crippen LogP contribution in [0.15, 0.2) is 52.5 Å². The topological polar surface area (TPSA) is 116 Å². The summed E-state index contributed by atoms with van der Waals surface area (Å²) in [6.07, 6.45) is 1.59. The number of nitrogens with one attached hydrogen (secondary N) is 1. The van der Waals surface area contributed by atoms with Crippen LogP contribution in [0, 0.1) is 0 Å². The Bertz CT molecular complexity index is 1190. The van der Waals surface area contributed by atoms with Crippen LogP contribution in [0.4, 0.5) is 0 Å². The molecule has 8 nitrogen and oxygen atoms in total. The van der Waals surface area contributed by atoms with Gasteiger partial charge in [0.05, 0.1) is 28.3 Å². The van der Waals surface area contributed by atoms with E-state index in [1.807, 2.05) is 42.7 Å². The lowest BCUT2D eigenvalue weighted by molar-refractivity contribution is -0.120. The number of aryl methyl sites for hydroxylation is 1. The summed E-state index contributed by atoms with van der Waals surface area (Å²) in [4.78, 5) is 17.2. The first-order valence-corrected chi connectivity index (χ1v) is 12.8. The molecular weight excluding hydrogens is 448 g/mol. The van der Waals surface area contributed by atoms with E-state index >= 15 is 0 Å². The van der Waals surface area contributed by atoms with Crippen LogP contribution in [-0.4, -0.2) is 42.8 Å². The van der Waals surface area contributed by atoms with Gasteiger partial charge in [-0.25, -0.2) is 18.5 Å². The van der Waals surface area contributed by atoms with Gasteiger partial charge in [-0.1, -0.05) is 30.8 Å². The minimum Gasteiger partial charge on any atom is -0.497 e. The van der Waals surface area contributed by atoms with Gasteiger partial charge in [-0.2, -0.15) is 0 Å². The van der Waals surface area contributed by atoms with Gasteiger partial charge in [-0.15, -0.1) is 0 Å². The molecule has 10 heteroatoms. The number of carbonyl (C=O) groups is 1. The van der Waals surface area contributed by atoms with Gasteiger partial charge in [0.1, 0.15) is 5.75 Å². The molecule has 172 valence electrons. The maximum atomic E-state index is 12.6. The second-order valence-corrected chi connectivity index (χ2v) is 10.3. The quantitative estimate of drug-likeness (QED) is 0.435. The fraction of sp³-hybridized carbons (Fsp3) is 0.364. The van der Waals surface area contributed by atoms with Crippen molar-refractivity contribution in [2.75, 3.05) is 13.7 Å². The van der Waals surface area contributed by atoms with Crippen molar-refractivity contribution >= 4 is 38.7 Å². The lowest BCUT2D eigenvalue weighted by Crippen LogP contribution is -2.32. The summed E-state index contributed by atoms with van der Waals surface area (Å²) in [5, 5.41) is 8.53. The van der Waals surface area contributed by atoms with E-state index in [-0.39, 0.29) is 16.1 Å². The minimum atomic E-state index is -3.81. The Morgan fingerprint density at radius 1 is 1.25 bits per heavy atom. The monoisotopic (exact) mass is 476 g/mol. The van der Waals surface area contributed by atoms with E-state index in [0.29, 0.717) is 23.8 Å². The Morgan fingerprint density at radius 3 is 2.59 bits per heavy atom. The number of ether oxygens (including phenoxy) is 1. The van der Waals surface area contributed by atoms with Crippen LogP contribution in [0.5, 0.6) is 5.75 Å². The number of carbonyl (C=O) groups excluding carboxylic acids is 1. The SMILES string of the molecule is CCCn1c(SC(C)C(=O)NCCc2ccc(OC)cc2)nc2cc(S(N)(=O)=O)ccc21. The standard InChI is InChI=1S/C22H28N4O4S2/c1-4-13-26-20-10-9-18(32(23,28)29)14-19(20)25-22(26)31-15(2)21(27)24-12-11-16-5-7-17(30-3)8-6-16/h5-10,14-15H,4,11-13H2,1-3H3,(H,24,27)(H2,23,28,29). The number of rotatable bonds is 10. The first-order valence-electron chi connectivity index (χ1n) is 10.3. The summed E-state index contributed by atoms with van der Waals surface area (Å²) in [5.41, 5.74) is 2.47. The molecule has 0 aliphatic heterocycles. The van der Waals surface area contributed by atoms with Crippen molar-refractivity contribution in [2.24, 2.45) is 5.14 Å². The van der Waals surface area contributed by atoms with E-state index in [1.165, 1.54) is 23.9 Å². The molecule has 0 fully saturated rings. The minimum absolute atomic E-state index is 0.0204. The lowest BCUT2D eigenvalue weighted by atomic mass is 10.1. The number of imidazole rings is 1. The molecule has 0 spiro atoms. The van der Waals surface area contributed by atoms with E-state index in [9.17, 15) is 13.2 Å². The zero-order valence-corrected chi connectivity index (χ0v) is 20.0. The van der Waals surface area contributed by atoms with Crippen molar-refractivity contribution in [1.82, 2.24) is 14.9 Å². The third-order valence-corrected chi connectivity index (χ3v) is 6.98. The maximum absolute atomic E-state index is 12.6. The van der Waals surface area contributed by atoms with E-state index < -0.39 is 10.0 Å². The lowest BCUT2D eigenvalue weighted by Gasteiger charge is -2.13. The number of nitrogens with zero attached hydrogens (tertiary/aromatic N) is 2. The molecule has 0 aliphatic rings. The summed E-state index contributed by atoms with van der Waals surface area (Å²) in [7, 11) is -2.18. The molecule has 3 rings (SSSR count). The van der Waals surface area contributed by atoms with Crippen LogP contribution >= 0.6 is 11.8 Å². The predicted octanol–water partition coefficient (Wildman–Crippen LogP) is 2.94. The normalized spacial score (nSPS) is 12.6. The summed E-state index contributed by atoms with van der Waals surface area (Å²) < 4.78 is 30.5. The van der Waals surface area contributed by atoms with Crippen molar-refractivity contribution in [1.29, 1.82) is 0 Å². The van der Waals surface area contributed by atoms with Crippen LogP contribution in [0.2, 0.25) is 0 Å². The van der Waals surface area contributed by atoms with Gasteiger partial charge in [-0.3, -0.25) is 4.79 Å². The van der Waals surface area contributed by atoms with Crippen LogP contribution in [0.25, 0.3) is 11.0 Å². The van der Waals surface area contributed by atoms with Crippen LogP contribution in [-0.2, 0) is 27.8 Å². The fourth-order valence-corrected chi connectivity index (χ4v) is 4.78. The first kappa shape index (κ1) is 24.1. The summed E-state index contributed by atoms with van der Waals surface area (Å²) in [5.74, 6) is 0.720. The third-order valence-electron chi connectivity index (χ3n) is 4.98. The first-order chi connectivity index (χ1) is 15.2. The zero-order valence-electron chi connectivity index (χ0n) is 18.4. The second-order valence-electron chi connectivity index (χ2n) is 7.39. The molecule has 0 aliphatic carbocycles. The molecule has 0 bridgehead atoms. The number of amides is 1. The average molecular weight is 477 g/mol. The van der Waals surface area contributed by atoms with Gasteiger partial charge in [-0.05, 0) is 55.7 Å². The van der Waals surface area contributed by atoms with Crippen molar-refractivity contribution in [3.05, 3.63) is 48.0 Å². The molecule has 1 unspecified atom stereocenters. The largest absolute Gasteiger partial charge is 0.497 e. The Kier molecular flexibility index (Phi) is 7.81. The average Bonchev–Trinajstić information content (AvgIpc) is 3.10. The fourth-order valence-electron chi connectivity index (χ4n) is 3.27. The van der Waals surface area contributed by atoms with Gasteiger partial charge >= 0.3 is 0 Å². The van der Waals surface area contributed by atoms with Crippen molar-refractivity contribution in [2.45, 2.75) is 48.5 Å². The molecule has 2 aromatic carbocycles. The molecule has 1 amide bonds. The van der Waals surface area contributed by atoms with Crippen LogP contribution in [0.1, 0.15) is 25.8 Å². The van der Waals surface area contributed by atoms with Crippen molar-refractivity contribution < 1.29 is 17.9 Å². The number of thioether (sulfide) groups is 1. The molecule has 0 radical (unpaired) electrons. The van der Waals surface area contributed by atoms with E-state index in [4.69, 9.17) is 9.88 Å². The molecular formula is C22H28N4O4S2. The third kappa shape index (κ3) is 5.81. The van der Waals surface area contributed by atoms with Gasteiger partial charge < -0.3 is 14.6 Å². The molecule has 1 heterocycles. The number of benzene rings is 2. The second kappa shape index (κ2) is 10.4. The highest BCUT2D eigenvalue weighted by atomic mass is 32.2. The molecule has 0 saturated heterocycles. The highest BCUT2D eigenvalue weighted by molar-refractivity contribution is 8.00. The maximum Gasteiger partial charge on any atom is 0.238 e. The Balaban J connectivity index is 1.68. The van der Waals surface area contributed by atoms with Gasteiger partial charge in [0, 0.05) is 13.1 Å². The highest BCUT2D eigenvalue weighted by Gasteiger charge is 2.20. The zero-order chi connectivity index (χ0) is 23.3. The number of hydrogen-bond donors (Lipinski definition) is 2. The Labute approximate surface area is 192 Å². The Morgan fingerprint density at radius 2 is 1.97 bits per heavy atom. The molecule has 0 saturated carbocycles. The summed E-state index contributed by atoms with van der Waals surface area (Å²) in [6, 6.07) is 12.4. The van der Waals surface area contributed by atoms with E-state index in [2.05, 4.69) is 10.3 Å². The van der Waals surface area contributed by atoms with Gasteiger partial charge in [0.2, 0.25) is 15.9 Å². The molecule has 32 heavy (non-hydrogen) atoms. The number of sulfonamides is 1. The van der Waals surface area contributed by atoms with Gasteiger partial charge in [0.15, 0.2) is 5.16 Å². The number of methoxy groups -OCH3 is 1. The highest BCUT2D eigenvalue weighted by Crippen LogP contribution is 2.29. The van der Waals surface area contributed by atoms with Crippen LogP contribution < -0.4 is 15.2 Å². The number of aromatic nitrogens is 2. The van der Waals surface area contributed by atoms with E-state index in [1.54, 1.807) is 13.2 Å². The van der Waals surface area contributed by atoms with E-state index in [0.717, 1.165) is 29.7 Å². The van der Waals surface area contributed by atoms with Crippen LogP contribution in [0.3, 0.4) is 0 Å². The predicted molar refractivity (Wildman–Crippen MR) is 126 cm³/mol. The van der Waals surface area contributed by atoms with Crippen molar-refractivity contribution in [3.8, 4) is 5.75 Å². The van der Waals surface area contributed by atoms with Crippen molar-refractivity contribution in [3.63, 3.8) is 0 Å². The molecule has 1 aromatic heterocycles. The molecule has 3 aromatic rings. The smallest absolute Gasteiger partial charge is 0.238 e. The summed E-state index contributed by atoms with van der Waals surface area (Å²) >= 11 is 1.35.